The number of hydrogen-bond donors (Lipinski definition) is 2. The van der Waals surface area contributed by atoms with Crippen LogP contribution in [-0.2, 0) is 16.1 Å². The predicted octanol–water partition coefficient (Wildman–Crippen LogP) is 1.89. The summed E-state index contributed by atoms with van der Waals surface area (Å²) in [6.45, 7) is 1.51. The standard InChI is InChI=1S/C20H22N2O4/c21-19(23)15-6-8-16(9-7-15)20(24)22-17-13-25-11-10-18(17)26-12-14-4-2-1-3-5-14/h1-9,17-18H,10-13H2,(H2,21,23)(H,22,24)/t17-,18+/m1/s1. The van der Waals surface area contributed by atoms with Gasteiger partial charge in [0.05, 0.1) is 25.4 Å². The predicted molar refractivity (Wildman–Crippen MR) is 96.7 cm³/mol. The van der Waals surface area contributed by atoms with Gasteiger partial charge in [-0.3, -0.25) is 9.59 Å². The van der Waals surface area contributed by atoms with Crippen molar-refractivity contribution in [3.05, 3.63) is 71.3 Å². The maximum Gasteiger partial charge on any atom is 0.251 e. The Kier molecular flexibility index (Phi) is 5.99. The number of primary amides is 1. The van der Waals surface area contributed by atoms with E-state index in [0.29, 0.717) is 30.9 Å². The molecule has 0 bridgehead atoms. The minimum Gasteiger partial charge on any atom is -0.379 e. The molecule has 1 aliphatic rings. The van der Waals surface area contributed by atoms with Crippen molar-refractivity contribution < 1.29 is 19.1 Å². The molecule has 26 heavy (non-hydrogen) atoms. The number of rotatable bonds is 6. The molecule has 2 aromatic rings. The number of nitrogens with one attached hydrogen (secondary N) is 1. The van der Waals surface area contributed by atoms with Crippen LogP contribution in [0.5, 0.6) is 0 Å². The average molecular weight is 354 g/mol. The van der Waals surface area contributed by atoms with Crippen LogP contribution in [0.15, 0.2) is 54.6 Å². The van der Waals surface area contributed by atoms with Gasteiger partial charge in [-0.25, -0.2) is 0 Å². The van der Waals surface area contributed by atoms with Gasteiger partial charge in [0, 0.05) is 17.7 Å². The molecular formula is C20H22N2O4. The minimum absolute atomic E-state index is 0.113. The third kappa shape index (κ3) is 4.68. The van der Waals surface area contributed by atoms with Crippen molar-refractivity contribution in [3.63, 3.8) is 0 Å². The number of amides is 2. The molecule has 136 valence electrons. The lowest BCUT2D eigenvalue weighted by molar-refractivity contribution is -0.0605. The molecule has 1 heterocycles. The highest BCUT2D eigenvalue weighted by Gasteiger charge is 2.28. The first kappa shape index (κ1) is 18.1. The summed E-state index contributed by atoms with van der Waals surface area (Å²) in [5.74, 6) is -0.753. The zero-order valence-corrected chi connectivity index (χ0v) is 14.4. The summed E-state index contributed by atoms with van der Waals surface area (Å²) >= 11 is 0. The van der Waals surface area contributed by atoms with E-state index in [4.69, 9.17) is 15.2 Å². The molecule has 1 saturated heterocycles. The first-order valence-electron chi connectivity index (χ1n) is 8.57. The summed E-state index contributed by atoms with van der Waals surface area (Å²) in [5.41, 5.74) is 7.13. The van der Waals surface area contributed by atoms with Gasteiger partial charge in [0.1, 0.15) is 0 Å². The highest BCUT2D eigenvalue weighted by molar-refractivity contribution is 5.97. The molecule has 1 fully saturated rings. The van der Waals surface area contributed by atoms with Gasteiger partial charge >= 0.3 is 0 Å². The Hall–Kier alpha value is -2.70. The Morgan fingerprint density at radius 3 is 2.46 bits per heavy atom. The van der Waals surface area contributed by atoms with Gasteiger partial charge in [0.2, 0.25) is 5.91 Å². The second-order valence-corrected chi connectivity index (χ2v) is 6.22. The smallest absolute Gasteiger partial charge is 0.251 e. The molecule has 0 spiro atoms. The fourth-order valence-corrected chi connectivity index (χ4v) is 2.87. The van der Waals surface area contributed by atoms with E-state index in [0.717, 1.165) is 12.0 Å². The first-order chi connectivity index (χ1) is 12.6. The van der Waals surface area contributed by atoms with Crippen molar-refractivity contribution in [2.45, 2.75) is 25.2 Å². The second-order valence-electron chi connectivity index (χ2n) is 6.22. The van der Waals surface area contributed by atoms with E-state index in [1.165, 1.54) is 12.1 Å². The summed E-state index contributed by atoms with van der Waals surface area (Å²) in [6, 6.07) is 15.9. The summed E-state index contributed by atoms with van der Waals surface area (Å²) in [5, 5.41) is 2.97. The van der Waals surface area contributed by atoms with Crippen LogP contribution in [0.25, 0.3) is 0 Å². The Labute approximate surface area is 152 Å². The lowest BCUT2D eigenvalue weighted by Crippen LogP contribution is -2.50. The van der Waals surface area contributed by atoms with E-state index in [1.54, 1.807) is 12.1 Å². The summed E-state index contributed by atoms with van der Waals surface area (Å²) in [7, 11) is 0. The number of carbonyl (C=O) groups excluding carboxylic acids is 2. The van der Waals surface area contributed by atoms with Gasteiger partial charge in [0.25, 0.3) is 5.91 Å². The molecule has 0 radical (unpaired) electrons. The molecule has 0 aromatic heterocycles. The molecule has 3 N–H and O–H groups in total. The molecule has 0 unspecified atom stereocenters. The summed E-state index contributed by atoms with van der Waals surface area (Å²) < 4.78 is 11.5. The number of nitrogens with two attached hydrogens (primary N) is 1. The van der Waals surface area contributed by atoms with Crippen LogP contribution in [0.4, 0.5) is 0 Å². The molecule has 6 nitrogen and oxygen atoms in total. The van der Waals surface area contributed by atoms with Crippen LogP contribution < -0.4 is 11.1 Å². The van der Waals surface area contributed by atoms with E-state index in [1.807, 2.05) is 30.3 Å². The third-order valence-electron chi connectivity index (χ3n) is 4.35. The lowest BCUT2D eigenvalue weighted by atomic mass is 10.0. The Balaban J connectivity index is 1.60. The van der Waals surface area contributed by atoms with Crippen molar-refractivity contribution in [1.29, 1.82) is 0 Å². The van der Waals surface area contributed by atoms with Crippen LogP contribution in [0.3, 0.4) is 0 Å². The van der Waals surface area contributed by atoms with E-state index >= 15 is 0 Å². The molecule has 1 aliphatic heterocycles. The maximum atomic E-state index is 12.5. The third-order valence-corrected chi connectivity index (χ3v) is 4.35. The molecule has 6 heteroatoms. The van der Waals surface area contributed by atoms with Crippen molar-refractivity contribution in [3.8, 4) is 0 Å². The maximum absolute atomic E-state index is 12.5. The Bertz CT molecular complexity index is 746. The first-order valence-corrected chi connectivity index (χ1v) is 8.57. The van der Waals surface area contributed by atoms with Gasteiger partial charge < -0.3 is 20.5 Å². The summed E-state index contributed by atoms with van der Waals surface area (Å²) in [6.07, 6.45) is 0.607. The van der Waals surface area contributed by atoms with Crippen molar-refractivity contribution in [1.82, 2.24) is 5.32 Å². The van der Waals surface area contributed by atoms with E-state index in [-0.39, 0.29) is 18.1 Å². The SMILES string of the molecule is NC(=O)c1ccc(C(=O)N[C@@H]2COCC[C@@H]2OCc2ccccc2)cc1. The van der Waals surface area contributed by atoms with Gasteiger partial charge in [-0.2, -0.15) is 0 Å². The van der Waals surface area contributed by atoms with Crippen LogP contribution >= 0.6 is 0 Å². The Morgan fingerprint density at radius 2 is 1.77 bits per heavy atom. The van der Waals surface area contributed by atoms with Gasteiger partial charge in [-0.1, -0.05) is 30.3 Å². The van der Waals surface area contributed by atoms with E-state index in [9.17, 15) is 9.59 Å². The van der Waals surface area contributed by atoms with Gasteiger partial charge in [-0.05, 0) is 36.2 Å². The molecule has 2 amide bonds. The van der Waals surface area contributed by atoms with Gasteiger partial charge in [0.15, 0.2) is 0 Å². The van der Waals surface area contributed by atoms with Crippen LogP contribution in [-0.4, -0.2) is 37.2 Å². The molecule has 0 aliphatic carbocycles. The zero-order chi connectivity index (χ0) is 18.4. The molecule has 3 rings (SSSR count). The molecule has 0 saturated carbocycles. The van der Waals surface area contributed by atoms with E-state index in [2.05, 4.69) is 5.32 Å². The van der Waals surface area contributed by atoms with Crippen molar-refractivity contribution in [2.24, 2.45) is 5.73 Å². The molecular weight excluding hydrogens is 332 g/mol. The highest BCUT2D eigenvalue weighted by atomic mass is 16.5. The number of benzene rings is 2. The van der Waals surface area contributed by atoms with E-state index < -0.39 is 5.91 Å². The number of carbonyl (C=O) groups is 2. The quantitative estimate of drug-likeness (QED) is 0.829. The van der Waals surface area contributed by atoms with Gasteiger partial charge in [-0.15, -0.1) is 0 Å². The van der Waals surface area contributed by atoms with Crippen molar-refractivity contribution in [2.75, 3.05) is 13.2 Å². The average Bonchev–Trinajstić information content (AvgIpc) is 2.68. The van der Waals surface area contributed by atoms with Crippen LogP contribution in [0, 0.1) is 0 Å². The fraction of sp³-hybridized carbons (Fsp3) is 0.300. The topological polar surface area (TPSA) is 90.7 Å². The minimum atomic E-state index is -0.521. The number of ether oxygens (including phenoxy) is 2. The number of hydrogen-bond acceptors (Lipinski definition) is 4. The normalized spacial score (nSPS) is 19.7. The monoisotopic (exact) mass is 354 g/mol. The van der Waals surface area contributed by atoms with Crippen LogP contribution in [0.1, 0.15) is 32.7 Å². The zero-order valence-electron chi connectivity index (χ0n) is 14.4. The van der Waals surface area contributed by atoms with Crippen LogP contribution in [0.2, 0.25) is 0 Å². The lowest BCUT2D eigenvalue weighted by Gasteiger charge is -2.32. The molecule has 2 atom stereocenters. The summed E-state index contributed by atoms with van der Waals surface area (Å²) in [4.78, 5) is 23.6. The Morgan fingerprint density at radius 1 is 1.08 bits per heavy atom. The fourth-order valence-electron chi connectivity index (χ4n) is 2.87. The highest BCUT2D eigenvalue weighted by Crippen LogP contribution is 2.15. The molecule has 2 aromatic carbocycles. The second kappa shape index (κ2) is 8.60. The largest absolute Gasteiger partial charge is 0.379 e. The van der Waals surface area contributed by atoms with Crippen molar-refractivity contribution >= 4 is 11.8 Å².